The van der Waals surface area contributed by atoms with E-state index in [-0.39, 0.29) is 12.5 Å². The van der Waals surface area contributed by atoms with E-state index < -0.39 is 6.10 Å². The van der Waals surface area contributed by atoms with Crippen LogP contribution in [0.15, 0.2) is 54.6 Å². The monoisotopic (exact) mass is 285 g/mol. The summed E-state index contributed by atoms with van der Waals surface area (Å²) in [5, 5.41) is 12.3. The Bertz CT molecular complexity index is 582. The Labute approximate surface area is 124 Å². The van der Waals surface area contributed by atoms with E-state index in [4.69, 9.17) is 4.74 Å². The Morgan fingerprint density at radius 3 is 2.67 bits per heavy atom. The summed E-state index contributed by atoms with van der Waals surface area (Å²) in [6.45, 7) is 2.12. The molecule has 0 spiro atoms. The van der Waals surface area contributed by atoms with Gasteiger partial charge in [0.05, 0.1) is 6.10 Å². The van der Waals surface area contributed by atoms with Gasteiger partial charge in [-0.2, -0.15) is 0 Å². The van der Waals surface area contributed by atoms with Crippen LogP contribution in [0.3, 0.4) is 0 Å². The summed E-state index contributed by atoms with van der Waals surface area (Å²) in [6, 6.07) is 16.8. The van der Waals surface area contributed by atoms with Gasteiger partial charge in [-0.15, -0.1) is 0 Å². The number of benzene rings is 2. The zero-order chi connectivity index (χ0) is 15.1. The maximum absolute atomic E-state index is 11.7. The molecule has 4 heteroatoms. The minimum absolute atomic E-state index is 0.0455. The van der Waals surface area contributed by atoms with Crippen molar-refractivity contribution in [2.75, 3.05) is 6.61 Å². The molecule has 1 atom stereocenters. The van der Waals surface area contributed by atoms with E-state index in [0.717, 1.165) is 11.1 Å². The van der Waals surface area contributed by atoms with Crippen molar-refractivity contribution in [3.8, 4) is 5.75 Å². The zero-order valence-corrected chi connectivity index (χ0v) is 12.0. The van der Waals surface area contributed by atoms with Crippen molar-refractivity contribution in [2.24, 2.45) is 0 Å². The molecule has 0 saturated carbocycles. The second-order valence-electron chi connectivity index (χ2n) is 4.80. The van der Waals surface area contributed by atoms with E-state index in [1.54, 1.807) is 25.1 Å². The number of amides is 1. The summed E-state index contributed by atoms with van der Waals surface area (Å²) in [7, 11) is 0. The average Bonchev–Trinajstić information content (AvgIpc) is 2.52. The standard InChI is InChI=1S/C17H19NO3/c1-13(19)15-8-5-9-16(10-15)21-12-17(20)18-11-14-6-3-2-4-7-14/h2-10,13,19H,11-12H2,1H3,(H,18,20)/t13-/m1/s1. The topological polar surface area (TPSA) is 58.6 Å². The third kappa shape index (κ3) is 4.93. The lowest BCUT2D eigenvalue weighted by molar-refractivity contribution is -0.123. The van der Waals surface area contributed by atoms with Gasteiger partial charge in [-0.25, -0.2) is 0 Å². The van der Waals surface area contributed by atoms with Gasteiger partial charge >= 0.3 is 0 Å². The normalized spacial score (nSPS) is 11.7. The molecule has 0 saturated heterocycles. The fourth-order valence-electron chi connectivity index (χ4n) is 1.86. The Balaban J connectivity index is 1.80. The highest BCUT2D eigenvalue weighted by Crippen LogP contribution is 2.18. The van der Waals surface area contributed by atoms with Crippen LogP contribution in [-0.2, 0) is 11.3 Å². The molecule has 0 aliphatic heterocycles. The molecule has 0 aliphatic rings. The largest absolute Gasteiger partial charge is 0.484 e. The quantitative estimate of drug-likeness (QED) is 0.857. The molecule has 2 aromatic rings. The molecule has 0 aromatic heterocycles. The fraction of sp³-hybridized carbons (Fsp3) is 0.235. The van der Waals surface area contributed by atoms with E-state index in [1.165, 1.54) is 0 Å². The van der Waals surface area contributed by atoms with Crippen LogP contribution in [0.25, 0.3) is 0 Å². The average molecular weight is 285 g/mol. The maximum Gasteiger partial charge on any atom is 0.258 e. The first-order chi connectivity index (χ1) is 10.1. The van der Waals surface area contributed by atoms with Crippen LogP contribution >= 0.6 is 0 Å². The molecule has 0 aliphatic carbocycles. The molecular weight excluding hydrogens is 266 g/mol. The van der Waals surface area contributed by atoms with Crippen molar-refractivity contribution in [2.45, 2.75) is 19.6 Å². The molecule has 1 amide bonds. The van der Waals surface area contributed by atoms with Gasteiger partial charge in [0.1, 0.15) is 5.75 Å². The molecule has 0 bridgehead atoms. The van der Waals surface area contributed by atoms with E-state index in [9.17, 15) is 9.90 Å². The van der Waals surface area contributed by atoms with Crippen molar-refractivity contribution >= 4 is 5.91 Å². The number of ether oxygens (including phenoxy) is 1. The lowest BCUT2D eigenvalue weighted by Gasteiger charge is -2.10. The van der Waals surface area contributed by atoms with Gasteiger partial charge in [0.2, 0.25) is 0 Å². The minimum atomic E-state index is -0.555. The van der Waals surface area contributed by atoms with Crippen LogP contribution in [0.5, 0.6) is 5.75 Å². The highest BCUT2D eigenvalue weighted by molar-refractivity contribution is 5.77. The molecule has 0 unspecified atom stereocenters. The maximum atomic E-state index is 11.7. The van der Waals surface area contributed by atoms with Crippen LogP contribution in [0.1, 0.15) is 24.2 Å². The van der Waals surface area contributed by atoms with Crippen LogP contribution < -0.4 is 10.1 Å². The van der Waals surface area contributed by atoms with Crippen molar-refractivity contribution in [1.29, 1.82) is 0 Å². The van der Waals surface area contributed by atoms with Gasteiger partial charge in [0.25, 0.3) is 5.91 Å². The van der Waals surface area contributed by atoms with Crippen LogP contribution in [-0.4, -0.2) is 17.6 Å². The zero-order valence-electron chi connectivity index (χ0n) is 12.0. The Morgan fingerprint density at radius 1 is 1.19 bits per heavy atom. The SMILES string of the molecule is C[C@@H](O)c1cccc(OCC(=O)NCc2ccccc2)c1. The minimum Gasteiger partial charge on any atom is -0.484 e. The number of hydrogen-bond acceptors (Lipinski definition) is 3. The summed E-state index contributed by atoms with van der Waals surface area (Å²) in [5.74, 6) is 0.393. The Kier molecular flexibility index (Phi) is 5.35. The lowest BCUT2D eigenvalue weighted by Crippen LogP contribution is -2.28. The van der Waals surface area contributed by atoms with Crippen LogP contribution in [0, 0.1) is 0 Å². The summed E-state index contributed by atoms with van der Waals surface area (Å²) in [6.07, 6.45) is -0.555. The molecule has 2 aromatic carbocycles. The van der Waals surface area contributed by atoms with Crippen LogP contribution in [0.2, 0.25) is 0 Å². The van der Waals surface area contributed by atoms with E-state index in [1.807, 2.05) is 36.4 Å². The second kappa shape index (κ2) is 7.45. The molecule has 0 radical (unpaired) electrons. The van der Waals surface area contributed by atoms with Crippen molar-refractivity contribution in [1.82, 2.24) is 5.32 Å². The molecule has 0 fully saturated rings. The van der Waals surface area contributed by atoms with Gasteiger partial charge in [-0.05, 0) is 30.2 Å². The van der Waals surface area contributed by atoms with Crippen molar-refractivity contribution in [3.63, 3.8) is 0 Å². The Morgan fingerprint density at radius 2 is 1.95 bits per heavy atom. The summed E-state index contributed by atoms with van der Waals surface area (Å²) >= 11 is 0. The predicted molar refractivity (Wildman–Crippen MR) is 80.9 cm³/mol. The Hall–Kier alpha value is -2.33. The first-order valence-corrected chi connectivity index (χ1v) is 6.86. The molecule has 4 nitrogen and oxygen atoms in total. The highest BCUT2D eigenvalue weighted by atomic mass is 16.5. The molecule has 21 heavy (non-hydrogen) atoms. The number of carbonyl (C=O) groups excluding carboxylic acids is 1. The van der Waals surface area contributed by atoms with Gasteiger partial charge < -0.3 is 15.2 Å². The number of hydrogen-bond donors (Lipinski definition) is 2. The van der Waals surface area contributed by atoms with Crippen LogP contribution in [0.4, 0.5) is 0 Å². The lowest BCUT2D eigenvalue weighted by atomic mass is 10.1. The number of nitrogens with one attached hydrogen (secondary N) is 1. The van der Waals surface area contributed by atoms with E-state index in [2.05, 4.69) is 5.32 Å². The van der Waals surface area contributed by atoms with E-state index >= 15 is 0 Å². The molecule has 110 valence electrons. The van der Waals surface area contributed by atoms with Gasteiger partial charge in [0, 0.05) is 6.54 Å². The van der Waals surface area contributed by atoms with Gasteiger partial charge in [0.15, 0.2) is 6.61 Å². The molecule has 2 rings (SSSR count). The smallest absolute Gasteiger partial charge is 0.258 e. The predicted octanol–water partition coefficient (Wildman–Crippen LogP) is 2.44. The number of rotatable bonds is 6. The molecule has 2 N–H and O–H groups in total. The van der Waals surface area contributed by atoms with E-state index in [0.29, 0.717) is 12.3 Å². The van der Waals surface area contributed by atoms with Gasteiger partial charge in [-0.1, -0.05) is 42.5 Å². The first-order valence-electron chi connectivity index (χ1n) is 6.86. The van der Waals surface area contributed by atoms with Crippen molar-refractivity contribution in [3.05, 3.63) is 65.7 Å². The fourth-order valence-corrected chi connectivity index (χ4v) is 1.86. The summed E-state index contributed by atoms with van der Waals surface area (Å²) in [5.41, 5.74) is 1.80. The highest BCUT2D eigenvalue weighted by Gasteiger charge is 2.05. The first kappa shape index (κ1) is 15.1. The summed E-state index contributed by atoms with van der Waals surface area (Å²) < 4.78 is 5.42. The molecule has 0 heterocycles. The number of aliphatic hydroxyl groups is 1. The number of aliphatic hydroxyl groups excluding tert-OH is 1. The number of carbonyl (C=O) groups is 1. The third-order valence-electron chi connectivity index (χ3n) is 3.04. The second-order valence-corrected chi connectivity index (χ2v) is 4.80. The third-order valence-corrected chi connectivity index (χ3v) is 3.04. The summed E-state index contributed by atoms with van der Waals surface area (Å²) in [4.78, 5) is 11.7. The molecular formula is C17H19NO3. The van der Waals surface area contributed by atoms with Crippen molar-refractivity contribution < 1.29 is 14.6 Å². The van der Waals surface area contributed by atoms with Gasteiger partial charge in [-0.3, -0.25) is 4.79 Å².